The highest BCUT2D eigenvalue weighted by molar-refractivity contribution is 7.90. The van der Waals surface area contributed by atoms with Crippen molar-refractivity contribution in [1.29, 1.82) is 0 Å². The first-order valence-electron chi connectivity index (χ1n) is 9.29. The maximum atomic E-state index is 12.3. The van der Waals surface area contributed by atoms with Gasteiger partial charge in [-0.1, -0.05) is 13.8 Å². The summed E-state index contributed by atoms with van der Waals surface area (Å²) in [4.78, 5) is 28.8. The molecule has 0 aliphatic heterocycles. The Hall–Kier alpha value is -2.68. The highest BCUT2D eigenvalue weighted by Crippen LogP contribution is 2.23. The molecular weight excluding hydrogens is 396 g/mol. The van der Waals surface area contributed by atoms with E-state index in [0.717, 1.165) is 6.26 Å². The number of methoxy groups -OCH3 is 1. The number of amides is 1. The van der Waals surface area contributed by atoms with E-state index in [1.54, 1.807) is 12.1 Å². The molecule has 0 saturated carbocycles. The molecule has 1 amide bonds. The summed E-state index contributed by atoms with van der Waals surface area (Å²) in [5.41, 5.74) is -0.350. The first kappa shape index (κ1) is 22.6. The molecule has 1 aromatic heterocycles. The third-order valence-electron chi connectivity index (χ3n) is 4.85. The number of benzene rings is 1. The molecule has 0 aliphatic rings. The predicted molar refractivity (Wildman–Crippen MR) is 107 cm³/mol. The lowest BCUT2D eigenvalue weighted by Gasteiger charge is -2.29. The van der Waals surface area contributed by atoms with Crippen LogP contribution in [0, 0.1) is 0 Å². The molecule has 0 unspecified atom stereocenters. The van der Waals surface area contributed by atoms with E-state index in [9.17, 15) is 18.0 Å². The number of carbonyl (C=O) groups excluding carboxylic acids is 2. The fourth-order valence-corrected chi connectivity index (χ4v) is 3.57. The van der Waals surface area contributed by atoms with E-state index in [0.29, 0.717) is 30.1 Å². The molecule has 0 fully saturated rings. The molecule has 0 atom stereocenters. The molecule has 0 spiro atoms. The first-order valence-corrected chi connectivity index (χ1v) is 11.2. The van der Waals surface area contributed by atoms with Crippen LogP contribution in [0.15, 0.2) is 39.8 Å². The number of nitrogens with zero attached hydrogens (tertiary/aromatic N) is 1. The van der Waals surface area contributed by atoms with Gasteiger partial charge in [0.2, 0.25) is 5.91 Å². The lowest BCUT2D eigenvalue weighted by atomic mass is 9.92. The second kappa shape index (κ2) is 9.21. The second-order valence-electron chi connectivity index (χ2n) is 6.74. The number of rotatable bonds is 9. The molecule has 1 heterocycles. The van der Waals surface area contributed by atoms with Gasteiger partial charge in [0.15, 0.2) is 21.5 Å². The molecule has 158 valence electrons. The van der Waals surface area contributed by atoms with Gasteiger partial charge in [-0.3, -0.25) is 4.79 Å². The topological polar surface area (TPSA) is 116 Å². The van der Waals surface area contributed by atoms with Crippen LogP contribution < -0.4 is 5.32 Å². The Bertz CT molecular complexity index is 959. The van der Waals surface area contributed by atoms with Crippen molar-refractivity contribution < 1.29 is 27.2 Å². The van der Waals surface area contributed by atoms with Gasteiger partial charge in [0.1, 0.15) is 5.54 Å². The Kier molecular flexibility index (Phi) is 7.18. The summed E-state index contributed by atoms with van der Waals surface area (Å²) in [6.07, 6.45) is 3.89. The van der Waals surface area contributed by atoms with Crippen molar-refractivity contribution in [1.82, 2.24) is 10.3 Å². The Morgan fingerprint density at radius 1 is 1.17 bits per heavy atom. The first-order chi connectivity index (χ1) is 13.6. The number of aromatic nitrogens is 1. The van der Waals surface area contributed by atoms with E-state index in [2.05, 4.69) is 10.3 Å². The standard InChI is InChI=1S/C20H26N2O6S/c1-5-20(6-2,19(24)27-3)22-17(23)11-12-18-21-13-16(28-18)14-7-9-15(10-8-14)29(4,25)26/h7-10,13H,5-6,11-12H2,1-4H3,(H,22,23). The van der Waals surface area contributed by atoms with Gasteiger partial charge < -0.3 is 14.5 Å². The number of aryl methyl sites for hydroxylation is 1. The zero-order valence-electron chi connectivity index (χ0n) is 17.0. The molecule has 2 rings (SSSR count). The minimum absolute atomic E-state index is 0.103. The Morgan fingerprint density at radius 3 is 2.31 bits per heavy atom. The summed E-state index contributed by atoms with van der Waals surface area (Å²) in [5.74, 6) is 0.0913. The summed E-state index contributed by atoms with van der Waals surface area (Å²) >= 11 is 0. The van der Waals surface area contributed by atoms with E-state index in [1.807, 2.05) is 13.8 Å². The van der Waals surface area contributed by atoms with Gasteiger partial charge in [-0.05, 0) is 37.1 Å². The van der Waals surface area contributed by atoms with Crippen LogP contribution in [0.25, 0.3) is 11.3 Å². The van der Waals surface area contributed by atoms with E-state index >= 15 is 0 Å². The molecule has 2 aromatic rings. The van der Waals surface area contributed by atoms with Gasteiger partial charge in [-0.2, -0.15) is 0 Å². The van der Waals surface area contributed by atoms with Crippen molar-refractivity contribution in [2.45, 2.75) is 50.0 Å². The second-order valence-corrected chi connectivity index (χ2v) is 8.76. The van der Waals surface area contributed by atoms with Gasteiger partial charge in [0.05, 0.1) is 18.2 Å². The Balaban J connectivity index is 2.01. The SMILES string of the molecule is CCC(CC)(NC(=O)CCc1ncc(-c2ccc(S(C)(=O)=O)cc2)o1)C(=O)OC. The number of ether oxygens (including phenoxy) is 1. The van der Waals surface area contributed by atoms with Crippen LogP contribution >= 0.6 is 0 Å². The summed E-state index contributed by atoms with van der Waals surface area (Å²) in [5, 5.41) is 2.77. The average Bonchev–Trinajstić information content (AvgIpc) is 3.18. The van der Waals surface area contributed by atoms with Crippen LogP contribution in [-0.2, 0) is 30.6 Å². The molecule has 1 N–H and O–H groups in total. The van der Waals surface area contributed by atoms with Crippen LogP contribution in [-0.4, -0.2) is 44.2 Å². The van der Waals surface area contributed by atoms with Gasteiger partial charge in [-0.25, -0.2) is 18.2 Å². The van der Waals surface area contributed by atoms with Crippen molar-refractivity contribution >= 4 is 21.7 Å². The molecule has 0 radical (unpaired) electrons. The third-order valence-corrected chi connectivity index (χ3v) is 5.98. The summed E-state index contributed by atoms with van der Waals surface area (Å²) in [6.45, 7) is 3.63. The lowest BCUT2D eigenvalue weighted by molar-refractivity contribution is -0.151. The summed E-state index contributed by atoms with van der Waals surface area (Å²) < 4.78 is 33.6. The highest BCUT2D eigenvalue weighted by atomic mass is 32.2. The van der Waals surface area contributed by atoms with Crippen LogP contribution in [0.5, 0.6) is 0 Å². The molecule has 29 heavy (non-hydrogen) atoms. The number of hydrogen-bond acceptors (Lipinski definition) is 7. The molecule has 1 aromatic carbocycles. The number of oxazole rings is 1. The molecular formula is C20H26N2O6S. The smallest absolute Gasteiger partial charge is 0.331 e. The predicted octanol–water partition coefficient (Wildman–Crippen LogP) is 2.53. The van der Waals surface area contributed by atoms with E-state index in [1.165, 1.54) is 25.4 Å². The van der Waals surface area contributed by atoms with Crippen LogP contribution in [0.4, 0.5) is 0 Å². The zero-order chi connectivity index (χ0) is 21.7. The van der Waals surface area contributed by atoms with Crippen LogP contribution in [0.2, 0.25) is 0 Å². The van der Waals surface area contributed by atoms with Gasteiger partial charge in [0.25, 0.3) is 0 Å². The fourth-order valence-electron chi connectivity index (χ4n) is 2.94. The maximum Gasteiger partial charge on any atom is 0.331 e. The van der Waals surface area contributed by atoms with E-state index in [4.69, 9.17) is 9.15 Å². The average molecular weight is 423 g/mol. The number of esters is 1. The Labute approximate surface area is 170 Å². The van der Waals surface area contributed by atoms with Crippen molar-refractivity contribution in [3.05, 3.63) is 36.4 Å². The van der Waals surface area contributed by atoms with Gasteiger partial charge >= 0.3 is 5.97 Å². The summed E-state index contributed by atoms with van der Waals surface area (Å²) in [7, 11) is -1.97. The monoisotopic (exact) mass is 422 g/mol. The van der Waals surface area contributed by atoms with Crippen molar-refractivity contribution in [3.8, 4) is 11.3 Å². The number of hydrogen-bond donors (Lipinski definition) is 1. The molecule has 0 aliphatic carbocycles. The van der Waals surface area contributed by atoms with Crippen LogP contribution in [0.1, 0.15) is 39.0 Å². The van der Waals surface area contributed by atoms with Gasteiger partial charge in [0, 0.05) is 24.7 Å². The number of nitrogens with one attached hydrogen (secondary N) is 1. The number of sulfone groups is 1. The fraction of sp³-hybridized carbons (Fsp3) is 0.450. The van der Waals surface area contributed by atoms with Crippen molar-refractivity contribution in [2.24, 2.45) is 0 Å². The van der Waals surface area contributed by atoms with Crippen molar-refractivity contribution in [3.63, 3.8) is 0 Å². The van der Waals surface area contributed by atoms with E-state index in [-0.39, 0.29) is 23.6 Å². The Morgan fingerprint density at radius 2 is 1.79 bits per heavy atom. The van der Waals surface area contributed by atoms with Crippen LogP contribution in [0.3, 0.4) is 0 Å². The third kappa shape index (κ3) is 5.44. The normalized spacial score (nSPS) is 11.9. The summed E-state index contributed by atoms with van der Waals surface area (Å²) in [6, 6.07) is 6.28. The minimum atomic E-state index is -3.27. The van der Waals surface area contributed by atoms with Gasteiger partial charge in [-0.15, -0.1) is 0 Å². The highest BCUT2D eigenvalue weighted by Gasteiger charge is 2.37. The minimum Gasteiger partial charge on any atom is -0.467 e. The van der Waals surface area contributed by atoms with Crippen molar-refractivity contribution in [2.75, 3.05) is 13.4 Å². The zero-order valence-corrected chi connectivity index (χ0v) is 17.8. The molecule has 8 nitrogen and oxygen atoms in total. The quantitative estimate of drug-likeness (QED) is 0.617. The maximum absolute atomic E-state index is 12.3. The number of carbonyl (C=O) groups is 2. The van der Waals surface area contributed by atoms with E-state index < -0.39 is 21.3 Å². The largest absolute Gasteiger partial charge is 0.467 e. The molecule has 0 bridgehead atoms. The molecule has 9 heteroatoms. The molecule has 0 saturated heterocycles. The lowest BCUT2D eigenvalue weighted by Crippen LogP contribution is -2.54.